The molecule has 3 rings (SSSR count). The minimum absolute atomic E-state index is 0.0169. The van der Waals surface area contributed by atoms with Crippen LogP contribution in [0.15, 0.2) is 60.7 Å². The third-order valence-corrected chi connectivity index (χ3v) is 12.0. The fourth-order valence-corrected chi connectivity index (χ4v) is 5.57. The fraction of sp³-hybridized carbons (Fsp3) is 0.548. The zero-order chi connectivity index (χ0) is 28.8. The lowest BCUT2D eigenvalue weighted by Crippen LogP contribution is -2.56. The predicted octanol–water partition coefficient (Wildman–Crippen LogP) is 7.30. The number of rotatable bonds is 7. The van der Waals surface area contributed by atoms with E-state index in [4.69, 9.17) is 13.9 Å². The highest BCUT2D eigenvalue weighted by Crippen LogP contribution is 2.39. The van der Waals surface area contributed by atoms with Gasteiger partial charge in [-0.2, -0.15) is 0 Å². The summed E-state index contributed by atoms with van der Waals surface area (Å²) < 4.78 is 18.0. The van der Waals surface area contributed by atoms with Crippen LogP contribution in [0.25, 0.3) is 0 Å². The zero-order valence-corrected chi connectivity index (χ0v) is 25.8. The minimum Gasteiger partial charge on any atom is -0.445 e. The molecule has 1 aliphatic heterocycles. The lowest BCUT2D eigenvalue weighted by Gasteiger charge is -2.45. The molecule has 1 heterocycles. The molecule has 1 fully saturated rings. The second kappa shape index (κ2) is 12.6. The molecule has 0 unspecified atom stereocenters. The van der Waals surface area contributed by atoms with Gasteiger partial charge in [0.15, 0.2) is 8.32 Å². The van der Waals surface area contributed by atoms with E-state index in [1.54, 1.807) is 4.90 Å². The molecule has 0 radical (unpaired) electrons. The van der Waals surface area contributed by atoms with Gasteiger partial charge in [0.05, 0.1) is 12.1 Å². The van der Waals surface area contributed by atoms with Crippen LogP contribution < -0.4 is 5.32 Å². The number of likely N-dealkylation sites (tertiary alicyclic amines) is 1. The third kappa shape index (κ3) is 8.83. The van der Waals surface area contributed by atoms with Gasteiger partial charge in [0.1, 0.15) is 12.2 Å². The molecule has 3 atom stereocenters. The van der Waals surface area contributed by atoms with Gasteiger partial charge in [0.25, 0.3) is 0 Å². The number of piperidine rings is 1. The molecular formula is C31H46N2O5Si. The molecule has 0 spiro atoms. The molecule has 2 amide bonds. The van der Waals surface area contributed by atoms with Crippen LogP contribution in [0.5, 0.6) is 0 Å². The monoisotopic (exact) mass is 554 g/mol. The van der Waals surface area contributed by atoms with E-state index < -0.39 is 32.1 Å². The summed E-state index contributed by atoms with van der Waals surface area (Å²) in [6, 6.07) is 18.6. The van der Waals surface area contributed by atoms with Crippen molar-refractivity contribution in [3.8, 4) is 0 Å². The Kier molecular flexibility index (Phi) is 9.88. The van der Waals surface area contributed by atoms with E-state index in [0.717, 1.165) is 11.1 Å². The van der Waals surface area contributed by atoms with Gasteiger partial charge in [0.2, 0.25) is 0 Å². The third-order valence-electron chi connectivity index (χ3n) is 7.53. The van der Waals surface area contributed by atoms with E-state index in [-0.39, 0.29) is 23.6 Å². The van der Waals surface area contributed by atoms with Gasteiger partial charge in [0, 0.05) is 19.1 Å². The maximum atomic E-state index is 13.6. The Hall–Kier alpha value is -2.84. The number of nitrogens with zero attached hydrogens (tertiary/aromatic N) is 1. The smallest absolute Gasteiger partial charge is 0.410 e. The Balaban J connectivity index is 1.90. The van der Waals surface area contributed by atoms with Crippen molar-refractivity contribution < 1.29 is 23.5 Å². The number of nitrogens with one attached hydrogen (secondary N) is 1. The SMILES string of the molecule is CC(C)(C)OC(=O)N[C@H]1C[C@@H](CO[Si](C)(C)C(C)(C)C)CN(C(=O)OCc2ccccc2)[C@H]1c1ccccc1. The molecule has 2 aromatic rings. The molecule has 2 aromatic carbocycles. The van der Waals surface area contributed by atoms with Crippen molar-refractivity contribution >= 4 is 20.5 Å². The molecule has 0 bridgehead atoms. The molecule has 0 aliphatic carbocycles. The summed E-state index contributed by atoms with van der Waals surface area (Å²) in [5.74, 6) is 0.0169. The summed E-state index contributed by atoms with van der Waals surface area (Å²) in [6.45, 7) is 17.8. The van der Waals surface area contributed by atoms with Crippen LogP contribution in [0.2, 0.25) is 18.1 Å². The average Bonchev–Trinajstić information content (AvgIpc) is 2.85. The van der Waals surface area contributed by atoms with E-state index in [1.807, 2.05) is 81.4 Å². The van der Waals surface area contributed by atoms with Crippen molar-refractivity contribution in [3.63, 3.8) is 0 Å². The van der Waals surface area contributed by atoms with Crippen molar-refractivity contribution in [3.05, 3.63) is 71.8 Å². The fourth-order valence-electron chi connectivity index (χ4n) is 4.48. The van der Waals surface area contributed by atoms with Gasteiger partial charge in [-0.15, -0.1) is 0 Å². The molecular weight excluding hydrogens is 508 g/mol. The van der Waals surface area contributed by atoms with E-state index in [1.165, 1.54) is 0 Å². The van der Waals surface area contributed by atoms with Gasteiger partial charge in [-0.25, -0.2) is 9.59 Å². The molecule has 0 aromatic heterocycles. The average molecular weight is 555 g/mol. The number of hydrogen-bond acceptors (Lipinski definition) is 5. The topological polar surface area (TPSA) is 77.1 Å². The summed E-state index contributed by atoms with van der Waals surface area (Å²) in [6.07, 6.45) is -0.270. The molecule has 39 heavy (non-hydrogen) atoms. The molecule has 8 heteroatoms. The summed E-state index contributed by atoms with van der Waals surface area (Å²) in [4.78, 5) is 28.4. The van der Waals surface area contributed by atoms with Gasteiger partial charge in [-0.1, -0.05) is 81.4 Å². The lowest BCUT2D eigenvalue weighted by molar-refractivity contribution is 0.0173. The van der Waals surface area contributed by atoms with E-state index in [2.05, 4.69) is 39.2 Å². The highest BCUT2D eigenvalue weighted by Gasteiger charge is 2.43. The lowest BCUT2D eigenvalue weighted by atomic mass is 9.85. The minimum atomic E-state index is -2.01. The van der Waals surface area contributed by atoms with Gasteiger partial charge in [-0.05, 0) is 56.5 Å². The normalized spacial score (nSPS) is 20.3. The Morgan fingerprint density at radius 1 is 0.949 bits per heavy atom. The van der Waals surface area contributed by atoms with Crippen LogP contribution in [-0.2, 0) is 20.5 Å². The summed E-state index contributed by atoms with van der Waals surface area (Å²) in [5, 5.41) is 3.15. The summed E-state index contributed by atoms with van der Waals surface area (Å²) >= 11 is 0. The predicted molar refractivity (Wildman–Crippen MR) is 157 cm³/mol. The van der Waals surface area contributed by atoms with Gasteiger partial charge in [-0.3, -0.25) is 4.90 Å². The van der Waals surface area contributed by atoms with Crippen LogP contribution in [0, 0.1) is 5.92 Å². The van der Waals surface area contributed by atoms with Crippen molar-refractivity contribution in [2.24, 2.45) is 5.92 Å². The van der Waals surface area contributed by atoms with Crippen molar-refractivity contribution in [1.29, 1.82) is 0 Å². The van der Waals surface area contributed by atoms with Crippen LogP contribution in [0.1, 0.15) is 65.1 Å². The van der Waals surface area contributed by atoms with Gasteiger partial charge < -0.3 is 19.2 Å². The molecule has 0 saturated carbocycles. The van der Waals surface area contributed by atoms with E-state index in [0.29, 0.717) is 19.6 Å². The van der Waals surface area contributed by atoms with Crippen LogP contribution in [0.4, 0.5) is 9.59 Å². The molecule has 1 N–H and O–H groups in total. The summed E-state index contributed by atoms with van der Waals surface area (Å²) in [5.41, 5.74) is 1.21. The Labute approximate surface area is 235 Å². The highest BCUT2D eigenvalue weighted by atomic mass is 28.4. The van der Waals surface area contributed by atoms with Crippen LogP contribution in [0.3, 0.4) is 0 Å². The standard InChI is InChI=1S/C31H46N2O5Si/c1-30(2,3)38-28(34)32-26-19-24(22-37-39(7,8)31(4,5)6)20-33(27(26)25-17-13-10-14-18-25)29(35)36-21-23-15-11-9-12-16-23/h9-18,24,26-27H,19-22H2,1-8H3,(H,32,34)/t24-,26+,27+/m1/s1. The number of amides is 2. The largest absolute Gasteiger partial charge is 0.445 e. The first kappa shape index (κ1) is 30.7. The van der Waals surface area contributed by atoms with Crippen molar-refractivity contribution in [2.45, 2.75) is 90.4 Å². The number of ether oxygens (including phenoxy) is 2. The van der Waals surface area contributed by atoms with Crippen molar-refractivity contribution in [2.75, 3.05) is 13.2 Å². The quantitative estimate of drug-likeness (QED) is 0.363. The van der Waals surface area contributed by atoms with Gasteiger partial charge >= 0.3 is 12.2 Å². The molecule has 214 valence electrons. The van der Waals surface area contributed by atoms with Crippen molar-refractivity contribution in [1.82, 2.24) is 10.2 Å². The molecule has 1 saturated heterocycles. The highest BCUT2D eigenvalue weighted by molar-refractivity contribution is 6.74. The first-order chi connectivity index (χ1) is 18.2. The van der Waals surface area contributed by atoms with Crippen LogP contribution in [-0.4, -0.2) is 50.2 Å². The Morgan fingerprint density at radius 3 is 2.10 bits per heavy atom. The zero-order valence-electron chi connectivity index (χ0n) is 24.8. The molecule has 7 nitrogen and oxygen atoms in total. The Morgan fingerprint density at radius 2 is 1.54 bits per heavy atom. The number of benzene rings is 2. The first-order valence-electron chi connectivity index (χ1n) is 13.8. The number of alkyl carbamates (subject to hydrolysis) is 1. The first-order valence-corrected chi connectivity index (χ1v) is 16.7. The van der Waals surface area contributed by atoms with Crippen LogP contribution >= 0.6 is 0 Å². The molecule has 1 aliphatic rings. The maximum Gasteiger partial charge on any atom is 0.410 e. The second-order valence-electron chi connectivity index (χ2n) is 13.0. The number of hydrogen-bond donors (Lipinski definition) is 1. The Bertz CT molecular complexity index is 1080. The number of carbonyl (C=O) groups is 2. The van der Waals surface area contributed by atoms with E-state index >= 15 is 0 Å². The summed E-state index contributed by atoms with van der Waals surface area (Å²) in [7, 11) is -2.01. The second-order valence-corrected chi connectivity index (χ2v) is 17.8. The number of carbonyl (C=O) groups excluding carboxylic acids is 2. The maximum absolute atomic E-state index is 13.6. The van der Waals surface area contributed by atoms with E-state index in [9.17, 15) is 9.59 Å².